The van der Waals surface area contributed by atoms with E-state index < -0.39 is 16.1 Å². The quantitative estimate of drug-likeness (QED) is 0.330. The minimum Gasteiger partial charge on any atom is -0.475 e. The molecular weight excluding hydrogens is 610 g/mol. The fourth-order valence-electron chi connectivity index (χ4n) is 5.94. The number of methoxy groups -OCH3 is 1. The van der Waals surface area contributed by atoms with Crippen LogP contribution in [0.4, 0.5) is 10.7 Å². The third kappa shape index (κ3) is 7.59. The molecule has 1 atom stereocenters. The summed E-state index contributed by atoms with van der Waals surface area (Å²) in [6.07, 6.45) is 0.579. The smallest absolute Gasteiger partial charge is 0.407 e. The molecular formula is C33H41N5O7S. The van der Waals surface area contributed by atoms with Gasteiger partial charge in [-0.3, -0.25) is 4.79 Å². The van der Waals surface area contributed by atoms with Crippen molar-refractivity contribution in [2.45, 2.75) is 70.0 Å². The van der Waals surface area contributed by atoms with Gasteiger partial charge in [-0.25, -0.2) is 22.9 Å². The van der Waals surface area contributed by atoms with Crippen molar-refractivity contribution < 1.29 is 32.2 Å². The minimum absolute atomic E-state index is 0.0935. The molecule has 2 N–H and O–H groups in total. The first-order valence-corrected chi connectivity index (χ1v) is 16.9. The molecule has 1 saturated carbocycles. The molecule has 246 valence electrons. The summed E-state index contributed by atoms with van der Waals surface area (Å²) >= 11 is 0. The van der Waals surface area contributed by atoms with E-state index in [1.54, 1.807) is 30.2 Å². The Balaban J connectivity index is 1.52. The Bertz CT molecular complexity index is 1670. The number of nitrogens with zero attached hydrogens (tertiary/aromatic N) is 3. The molecule has 1 aromatic heterocycles. The lowest BCUT2D eigenvalue weighted by Gasteiger charge is -2.46. The zero-order valence-corrected chi connectivity index (χ0v) is 27.6. The first kappa shape index (κ1) is 33.1. The van der Waals surface area contributed by atoms with E-state index in [-0.39, 0.29) is 58.9 Å². The molecule has 0 unspecified atom stereocenters. The number of aromatic nitrogens is 2. The number of benzene rings is 2. The Morgan fingerprint density at radius 3 is 2.52 bits per heavy atom. The number of rotatable bonds is 8. The highest BCUT2D eigenvalue weighted by Gasteiger charge is 2.42. The average molecular weight is 652 g/mol. The van der Waals surface area contributed by atoms with Gasteiger partial charge in [-0.05, 0) is 55.5 Å². The first-order chi connectivity index (χ1) is 21.9. The van der Waals surface area contributed by atoms with Crippen molar-refractivity contribution in [3.63, 3.8) is 0 Å². The fourth-order valence-corrected chi connectivity index (χ4v) is 6.93. The molecule has 5 rings (SSSR count). The fraction of sp³-hybridized carbons (Fsp3) is 0.455. The molecule has 13 heteroatoms. The molecule has 3 aromatic rings. The first-order valence-electron chi connectivity index (χ1n) is 15.4. The second kappa shape index (κ2) is 14.0. The van der Waals surface area contributed by atoms with Crippen LogP contribution in [0.3, 0.4) is 0 Å². The van der Waals surface area contributed by atoms with Gasteiger partial charge in [0.25, 0.3) is 15.9 Å². The van der Waals surface area contributed by atoms with Crippen LogP contribution < -0.4 is 14.8 Å². The normalized spacial score (nSPS) is 20.7. The van der Waals surface area contributed by atoms with E-state index in [1.807, 2.05) is 32.0 Å². The summed E-state index contributed by atoms with van der Waals surface area (Å²) in [6, 6.07) is 12.9. The Morgan fingerprint density at radius 1 is 1.11 bits per heavy atom. The maximum Gasteiger partial charge on any atom is 0.407 e. The Labute approximate surface area is 269 Å². The van der Waals surface area contributed by atoms with Crippen LogP contribution in [0.5, 0.6) is 5.88 Å². The van der Waals surface area contributed by atoms with E-state index >= 15 is 0 Å². The average Bonchev–Trinajstić information content (AvgIpc) is 2.98. The molecule has 0 radical (unpaired) electrons. The summed E-state index contributed by atoms with van der Waals surface area (Å²) in [5.41, 5.74) is 3.52. The lowest BCUT2D eigenvalue weighted by Crippen LogP contribution is -2.57. The molecule has 0 saturated heterocycles. The van der Waals surface area contributed by atoms with Crippen LogP contribution in [0.2, 0.25) is 0 Å². The maximum absolute atomic E-state index is 14.2. The minimum atomic E-state index is -4.17. The Morgan fingerprint density at radius 2 is 1.83 bits per heavy atom. The number of anilines is 1. The molecule has 1 fully saturated rings. The summed E-state index contributed by atoms with van der Waals surface area (Å²) < 4.78 is 46.5. The number of amides is 2. The van der Waals surface area contributed by atoms with Crippen LogP contribution in [-0.4, -0.2) is 80.3 Å². The van der Waals surface area contributed by atoms with Crippen molar-refractivity contribution in [3.8, 4) is 17.1 Å². The molecule has 46 heavy (non-hydrogen) atoms. The van der Waals surface area contributed by atoms with Crippen LogP contribution in [-0.2, 0) is 19.5 Å². The maximum atomic E-state index is 14.2. The topological polar surface area (TPSA) is 149 Å². The number of alkyl carbamates (subject to hydrolysis) is 1. The van der Waals surface area contributed by atoms with E-state index in [2.05, 4.69) is 33.9 Å². The van der Waals surface area contributed by atoms with Crippen molar-refractivity contribution >= 4 is 28.0 Å². The van der Waals surface area contributed by atoms with Gasteiger partial charge in [-0.1, -0.05) is 38.1 Å². The number of carbonyl (C=O) groups is 2. The number of sulfonamides is 1. The van der Waals surface area contributed by atoms with E-state index in [1.165, 1.54) is 12.1 Å². The lowest BCUT2D eigenvalue weighted by molar-refractivity contribution is -0.0274. The second-order valence-electron chi connectivity index (χ2n) is 12.2. The number of nitrogens with one attached hydrogen (secondary N) is 2. The Kier molecular flexibility index (Phi) is 10.1. The third-order valence-electron chi connectivity index (χ3n) is 8.16. The highest BCUT2D eigenvalue weighted by Crippen LogP contribution is 2.34. The van der Waals surface area contributed by atoms with Crippen LogP contribution in [0.1, 0.15) is 54.6 Å². The van der Waals surface area contributed by atoms with Gasteiger partial charge in [0.15, 0.2) is 0 Å². The predicted octanol–water partition coefficient (Wildman–Crippen LogP) is 4.71. The van der Waals surface area contributed by atoms with Crippen LogP contribution in [0.15, 0.2) is 53.4 Å². The number of carbonyl (C=O) groups excluding carboxylic acids is 2. The third-order valence-corrected chi connectivity index (χ3v) is 9.49. The van der Waals surface area contributed by atoms with Crippen molar-refractivity contribution in [3.05, 3.63) is 65.2 Å². The monoisotopic (exact) mass is 651 g/mol. The van der Waals surface area contributed by atoms with Crippen molar-refractivity contribution in [2.24, 2.45) is 5.92 Å². The van der Waals surface area contributed by atoms with Crippen LogP contribution in [0.25, 0.3) is 11.3 Å². The van der Waals surface area contributed by atoms with E-state index in [0.29, 0.717) is 38.1 Å². The van der Waals surface area contributed by atoms with Crippen LogP contribution in [0, 0.1) is 19.8 Å². The van der Waals surface area contributed by atoms with Gasteiger partial charge in [0, 0.05) is 49.7 Å². The van der Waals surface area contributed by atoms with Gasteiger partial charge in [0.1, 0.15) is 12.7 Å². The Hall–Kier alpha value is -4.23. The standard InChI is InChI=1S/C33H41N5O7S/c1-20(2)14-25-19-44-29-18-28(30-21(3)8-6-9-22(30)4)35-32(36-29)37-46(41,42)27-11-7-10-23(15-27)31(39)38(25)24-16-26(17-24)45-33(40)34-12-13-43-5/h6-11,15,18,20,24-26H,12-14,16-17,19H2,1-5H3,(H,34,40)(H,35,36,37)/t24-,25-,26+/m1/s1. The largest absolute Gasteiger partial charge is 0.475 e. The second-order valence-corrected chi connectivity index (χ2v) is 13.9. The summed E-state index contributed by atoms with van der Waals surface area (Å²) in [4.78, 5) is 37.2. The number of hydrogen-bond acceptors (Lipinski definition) is 9. The summed E-state index contributed by atoms with van der Waals surface area (Å²) in [6.45, 7) is 8.87. The molecule has 4 bridgehead atoms. The molecule has 0 spiro atoms. The molecule has 2 amide bonds. The number of aryl methyl sites for hydroxylation is 2. The zero-order valence-electron chi connectivity index (χ0n) is 26.8. The van der Waals surface area contributed by atoms with E-state index in [0.717, 1.165) is 16.7 Å². The molecule has 1 aliphatic heterocycles. The predicted molar refractivity (Wildman–Crippen MR) is 172 cm³/mol. The highest BCUT2D eigenvalue weighted by molar-refractivity contribution is 7.92. The van der Waals surface area contributed by atoms with Crippen LogP contribution >= 0.6 is 0 Å². The molecule has 12 nitrogen and oxygen atoms in total. The summed E-state index contributed by atoms with van der Waals surface area (Å²) in [5.74, 6) is -0.0727. The van der Waals surface area contributed by atoms with Crippen molar-refractivity contribution in [1.29, 1.82) is 0 Å². The molecule has 2 heterocycles. The van der Waals surface area contributed by atoms with Gasteiger partial charge in [-0.2, -0.15) is 4.98 Å². The van der Waals surface area contributed by atoms with Crippen molar-refractivity contribution in [1.82, 2.24) is 20.2 Å². The SMILES string of the molecule is COCCNC(=O)O[C@H]1C[C@@H](N2C(=O)c3cccc(c3)S(=O)(=O)Nc3nc(cc(-c4c(C)cccc4C)n3)OC[C@H]2CC(C)C)C1. The zero-order chi connectivity index (χ0) is 33.0. The molecule has 2 aliphatic rings. The highest BCUT2D eigenvalue weighted by atomic mass is 32.2. The van der Waals surface area contributed by atoms with Gasteiger partial charge in [-0.15, -0.1) is 0 Å². The van der Waals surface area contributed by atoms with Gasteiger partial charge in [0.05, 0.1) is 23.2 Å². The number of fused-ring (bicyclic) bond motifs is 4. The summed E-state index contributed by atoms with van der Waals surface area (Å²) in [5, 5.41) is 2.65. The van der Waals surface area contributed by atoms with Gasteiger partial charge >= 0.3 is 6.09 Å². The summed E-state index contributed by atoms with van der Waals surface area (Å²) in [7, 11) is -2.62. The van der Waals surface area contributed by atoms with Gasteiger partial charge < -0.3 is 24.4 Å². The van der Waals surface area contributed by atoms with E-state index in [9.17, 15) is 18.0 Å². The number of ether oxygens (including phenoxy) is 3. The molecule has 2 aromatic carbocycles. The number of hydrogen-bond donors (Lipinski definition) is 2. The van der Waals surface area contributed by atoms with E-state index in [4.69, 9.17) is 14.2 Å². The molecule has 1 aliphatic carbocycles. The van der Waals surface area contributed by atoms with Crippen molar-refractivity contribution in [2.75, 3.05) is 31.6 Å². The lowest BCUT2D eigenvalue weighted by atomic mass is 9.85. The van der Waals surface area contributed by atoms with Gasteiger partial charge in [0.2, 0.25) is 11.8 Å².